The van der Waals surface area contributed by atoms with Crippen molar-refractivity contribution >= 4 is 46.2 Å². The second kappa shape index (κ2) is 8.73. The summed E-state index contributed by atoms with van der Waals surface area (Å²) < 4.78 is 1.32. The molecule has 0 saturated carbocycles. The molecule has 0 aliphatic rings. The van der Waals surface area contributed by atoms with Crippen LogP contribution in [0.25, 0.3) is 10.9 Å². The fraction of sp³-hybridized carbons (Fsp3) is 0.412. The molecular weight excluding hydrogens is 392 g/mol. The van der Waals surface area contributed by atoms with E-state index in [4.69, 9.17) is 17.3 Å². The molecule has 4 N–H and O–H groups in total. The number of imide groups is 1. The smallest absolute Gasteiger partial charge is 0.318 e. The predicted molar refractivity (Wildman–Crippen MR) is 105 cm³/mol. The number of aliphatic hydroxyl groups excluding tert-OH is 1. The number of aromatic nitrogens is 2. The summed E-state index contributed by atoms with van der Waals surface area (Å²) in [5.74, 6) is -0.757. The van der Waals surface area contributed by atoms with Crippen molar-refractivity contribution in [3.05, 3.63) is 33.6 Å². The largest absolute Gasteiger partial charge is 0.392 e. The van der Waals surface area contributed by atoms with E-state index in [1.54, 1.807) is 39.0 Å². The van der Waals surface area contributed by atoms with Crippen molar-refractivity contribution in [1.82, 2.24) is 14.9 Å². The zero-order chi connectivity index (χ0) is 20.3. The van der Waals surface area contributed by atoms with Crippen LogP contribution in [0.1, 0.15) is 20.8 Å². The van der Waals surface area contributed by atoms with Crippen LogP contribution in [-0.2, 0) is 11.3 Å². The van der Waals surface area contributed by atoms with E-state index in [-0.39, 0.29) is 23.2 Å². The Balaban J connectivity index is 2.58. The minimum absolute atomic E-state index is 0.00892. The third-order valence-corrected chi connectivity index (χ3v) is 5.44. The van der Waals surface area contributed by atoms with Crippen molar-refractivity contribution in [3.8, 4) is 0 Å². The van der Waals surface area contributed by atoms with Gasteiger partial charge in [-0.3, -0.25) is 19.5 Å². The van der Waals surface area contributed by atoms with E-state index in [0.717, 1.165) is 11.8 Å². The first kappa shape index (κ1) is 21.2. The lowest BCUT2D eigenvalue weighted by molar-refractivity contribution is -0.120. The molecule has 0 aliphatic heterocycles. The molecule has 2 aromatic rings. The molecule has 27 heavy (non-hydrogen) atoms. The van der Waals surface area contributed by atoms with Crippen LogP contribution in [0.2, 0.25) is 5.02 Å². The predicted octanol–water partition coefficient (Wildman–Crippen LogP) is 1.74. The van der Waals surface area contributed by atoms with Gasteiger partial charge in [0.15, 0.2) is 5.16 Å². The third kappa shape index (κ3) is 5.21. The highest BCUT2D eigenvalue weighted by atomic mass is 35.5. The fourth-order valence-electron chi connectivity index (χ4n) is 2.49. The number of aliphatic hydroxyl groups is 1. The molecule has 0 unspecified atom stereocenters. The van der Waals surface area contributed by atoms with Crippen LogP contribution < -0.4 is 16.6 Å². The average molecular weight is 413 g/mol. The van der Waals surface area contributed by atoms with E-state index in [1.807, 2.05) is 0 Å². The molecule has 0 saturated heterocycles. The Labute approximate surface area is 165 Å². The molecule has 3 amide bonds. The summed E-state index contributed by atoms with van der Waals surface area (Å²) in [6, 6.07) is 3.76. The molecule has 0 fully saturated rings. The summed E-state index contributed by atoms with van der Waals surface area (Å²) in [5, 5.41) is 12.1. The van der Waals surface area contributed by atoms with Gasteiger partial charge in [0.25, 0.3) is 5.56 Å². The van der Waals surface area contributed by atoms with E-state index in [1.165, 1.54) is 4.57 Å². The summed E-state index contributed by atoms with van der Waals surface area (Å²) in [7, 11) is 0. The molecule has 1 aromatic carbocycles. The van der Waals surface area contributed by atoms with Gasteiger partial charge >= 0.3 is 6.03 Å². The molecule has 0 aliphatic carbocycles. The highest BCUT2D eigenvalue weighted by molar-refractivity contribution is 8.00. The van der Waals surface area contributed by atoms with E-state index in [2.05, 4.69) is 10.3 Å². The minimum Gasteiger partial charge on any atom is -0.392 e. The fourth-order valence-corrected chi connectivity index (χ4v) is 3.75. The Hall–Kier alpha value is -2.10. The first-order valence-electron chi connectivity index (χ1n) is 8.25. The molecule has 1 heterocycles. The highest BCUT2D eigenvalue weighted by Crippen LogP contribution is 2.28. The number of carbonyl (C=O) groups is 2. The van der Waals surface area contributed by atoms with E-state index in [9.17, 15) is 19.5 Å². The van der Waals surface area contributed by atoms with Gasteiger partial charge in [0.05, 0.1) is 28.8 Å². The van der Waals surface area contributed by atoms with Crippen LogP contribution >= 0.6 is 23.4 Å². The van der Waals surface area contributed by atoms with Crippen LogP contribution in [0, 0.1) is 5.92 Å². The van der Waals surface area contributed by atoms with Gasteiger partial charge in [0, 0.05) is 5.02 Å². The van der Waals surface area contributed by atoms with Gasteiger partial charge in [-0.25, -0.2) is 9.78 Å². The number of thioether (sulfide) groups is 1. The monoisotopic (exact) mass is 412 g/mol. The molecule has 1 aromatic heterocycles. The Bertz CT molecular complexity index is 929. The van der Waals surface area contributed by atoms with Gasteiger partial charge in [-0.1, -0.05) is 37.2 Å². The topological polar surface area (TPSA) is 127 Å². The van der Waals surface area contributed by atoms with Crippen molar-refractivity contribution in [2.75, 3.05) is 0 Å². The van der Waals surface area contributed by atoms with Gasteiger partial charge in [0.2, 0.25) is 5.91 Å². The maximum atomic E-state index is 12.9. The zero-order valence-electron chi connectivity index (χ0n) is 15.1. The van der Waals surface area contributed by atoms with Gasteiger partial charge < -0.3 is 10.8 Å². The maximum absolute atomic E-state index is 12.9. The standard InChI is InChI=1S/C17H21ClN4O4S/c1-8(2)13(14(24)21-16(19)26)27-17-20-12-6-10(18)4-5-11(12)15(25)22(17)7-9(3)23/h4-6,8-9,13,23H,7H2,1-3H3,(H3,19,21,24,26)/t9-,13-/m0/s1. The van der Waals surface area contributed by atoms with Gasteiger partial charge in [-0.15, -0.1) is 0 Å². The number of primary amides is 1. The number of nitrogens with zero attached hydrogens (tertiary/aromatic N) is 2. The van der Waals surface area contributed by atoms with Crippen LogP contribution in [0.15, 0.2) is 28.2 Å². The van der Waals surface area contributed by atoms with Gasteiger partial charge in [-0.05, 0) is 31.0 Å². The maximum Gasteiger partial charge on any atom is 0.318 e. The second-order valence-electron chi connectivity index (χ2n) is 6.46. The molecule has 8 nitrogen and oxygen atoms in total. The summed E-state index contributed by atoms with van der Waals surface area (Å²) in [6.07, 6.45) is -0.800. The third-order valence-electron chi connectivity index (χ3n) is 3.67. The molecule has 2 atom stereocenters. The number of nitrogens with two attached hydrogens (primary N) is 1. The van der Waals surface area contributed by atoms with Gasteiger partial charge in [-0.2, -0.15) is 0 Å². The molecule has 146 valence electrons. The number of carbonyl (C=O) groups excluding carboxylic acids is 2. The number of rotatable bonds is 6. The van der Waals surface area contributed by atoms with E-state index < -0.39 is 23.3 Å². The van der Waals surface area contributed by atoms with Crippen LogP contribution in [0.4, 0.5) is 4.79 Å². The summed E-state index contributed by atoms with van der Waals surface area (Å²) in [6.45, 7) is 5.15. The number of urea groups is 1. The normalized spacial score (nSPS) is 13.6. The van der Waals surface area contributed by atoms with Crippen LogP contribution in [0.5, 0.6) is 0 Å². The number of halogens is 1. The number of fused-ring (bicyclic) bond motifs is 1. The van der Waals surface area contributed by atoms with Crippen molar-refractivity contribution in [1.29, 1.82) is 0 Å². The molecule has 2 rings (SSSR count). The molecule has 0 radical (unpaired) electrons. The summed E-state index contributed by atoms with van der Waals surface area (Å²) in [4.78, 5) is 40.7. The summed E-state index contributed by atoms with van der Waals surface area (Å²) in [5.41, 5.74) is 5.07. The quantitative estimate of drug-likeness (QED) is 0.489. The van der Waals surface area contributed by atoms with Crippen LogP contribution in [-0.4, -0.2) is 37.9 Å². The number of nitrogens with one attached hydrogen (secondary N) is 1. The van der Waals surface area contributed by atoms with Crippen LogP contribution in [0.3, 0.4) is 0 Å². The Kier molecular flexibility index (Phi) is 6.85. The SMILES string of the molecule is CC(C)[C@H](Sc1nc2cc(Cl)ccc2c(=O)n1C[C@H](C)O)C(=O)NC(N)=O. The lowest BCUT2D eigenvalue weighted by Gasteiger charge is -2.21. The lowest BCUT2D eigenvalue weighted by atomic mass is 10.1. The Morgan fingerprint density at radius 1 is 1.37 bits per heavy atom. The molecule has 10 heteroatoms. The number of hydrogen-bond donors (Lipinski definition) is 3. The minimum atomic E-state index is -0.953. The van der Waals surface area contributed by atoms with Gasteiger partial charge in [0.1, 0.15) is 0 Å². The van der Waals surface area contributed by atoms with Crippen molar-refractivity contribution < 1.29 is 14.7 Å². The number of benzene rings is 1. The molecule has 0 spiro atoms. The Morgan fingerprint density at radius 2 is 2.04 bits per heavy atom. The first-order valence-corrected chi connectivity index (χ1v) is 9.51. The molecular formula is C17H21ClN4O4S. The number of amides is 3. The lowest BCUT2D eigenvalue weighted by Crippen LogP contribution is -2.42. The zero-order valence-corrected chi connectivity index (χ0v) is 16.7. The highest BCUT2D eigenvalue weighted by Gasteiger charge is 2.27. The number of hydrogen-bond acceptors (Lipinski definition) is 6. The second-order valence-corrected chi connectivity index (χ2v) is 8.00. The Morgan fingerprint density at radius 3 is 2.59 bits per heavy atom. The van der Waals surface area contributed by atoms with Crippen molar-refractivity contribution in [3.63, 3.8) is 0 Å². The van der Waals surface area contributed by atoms with Crippen molar-refractivity contribution in [2.24, 2.45) is 11.7 Å². The summed E-state index contributed by atoms with van der Waals surface area (Å²) >= 11 is 7.03. The van der Waals surface area contributed by atoms with Crippen molar-refractivity contribution in [2.45, 2.75) is 43.8 Å². The molecule has 0 bridgehead atoms. The average Bonchev–Trinajstić information content (AvgIpc) is 2.54. The van der Waals surface area contributed by atoms with E-state index in [0.29, 0.717) is 15.9 Å². The first-order chi connectivity index (χ1) is 12.6. The van der Waals surface area contributed by atoms with E-state index >= 15 is 0 Å².